The highest BCUT2D eigenvalue weighted by Crippen LogP contribution is 2.19. The molecule has 1 aliphatic rings. The number of nitrogens with zero attached hydrogens (tertiary/aromatic N) is 2. The summed E-state index contributed by atoms with van der Waals surface area (Å²) >= 11 is 0. The number of urea groups is 1. The Morgan fingerprint density at radius 1 is 1.07 bits per heavy atom. The van der Waals surface area contributed by atoms with Crippen LogP contribution < -0.4 is 4.90 Å². The molecule has 3 rings (SSSR count). The van der Waals surface area contributed by atoms with E-state index in [4.69, 9.17) is 0 Å². The highest BCUT2D eigenvalue weighted by molar-refractivity contribution is 7.89. The molecule has 1 aliphatic heterocycles. The van der Waals surface area contributed by atoms with E-state index in [-0.39, 0.29) is 11.4 Å². The molecule has 0 bridgehead atoms. The van der Waals surface area contributed by atoms with Crippen LogP contribution in [0.4, 0.5) is 4.79 Å². The molecule has 0 saturated carbocycles. The third-order valence-electron chi connectivity index (χ3n) is 5.09. The monoisotopic (exact) mass is 414 g/mol. The number of hydrogen-bond acceptors (Lipinski definition) is 3. The van der Waals surface area contributed by atoms with Gasteiger partial charge < -0.3 is 9.80 Å². The number of likely N-dealkylation sites (N-methyl/N-ethyl adjacent to an activating group) is 1. The molecule has 2 amide bonds. The Bertz CT molecular complexity index is 949. The molecule has 2 aromatic rings. The van der Waals surface area contributed by atoms with Crippen LogP contribution >= 0.6 is 0 Å². The first kappa shape index (κ1) is 21.1. The first-order valence-corrected chi connectivity index (χ1v) is 11.2. The highest BCUT2D eigenvalue weighted by Gasteiger charge is 2.33. The van der Waals surface area contributed by atoms with E-state index < -0.39 is 16.1 Å². The van der Waals surface area contributed by atoms with E-state index in [1.54, 1.807) is 35.2 Å². The van der Waals surface area contributed by atoms with E-state index in [0.717, 1.165) is 28.5 Å². The summed E-state index contributed by atoms with van der Waals surface area (Å²) in [7, 11) is -1.88. The van der Waals surface area contributed by atoms with Crippen molar-refractivity contribution in [2.45, 2.75) is 11.8 Å². The molecule has 1 N–H and O–H groups in total. The molecule has 0 radical (unpaired) electrons. The first-order valence-electron chi connectivity index (χ1n) is 9.79. The fourth-order valence-corrected chi connectivity index (χ4v) is 4.54. The van der Waals surface area contributed by atoms with Gasteiger partial charge in [0.05, 0.1) is 44.7 Å². The van der Waals surface area contributed by atoms with Crippen LogP contribution in [0.2, 0.25) is 0 Å². The lowest BCUT2D eigenvalue weighted by atomic mass is 10.2. The summed E-state index contributed by atoms with van der Waals surface area (Å²) in [5.74, 6) is 0. The maximum atomic E-state index is 13.3. The maximum Gasteiger partial charge on any atom is 0.334 e. The molecule has 0 aromatic heterocycles. The van der Waals surface area contributed by atoms with Gasteiger partial charge in [-0.15, -0.1) is 0 Å². The van der Waals surface area contributed by atoms with Crippen molar-refractivity contribution in [2.24, 2.45) is 0 Å². The van der Waals surface area contributed by atoms with Crippen molar-refractivity contribution in [1.82, 2.24) is 9.21 Å². The summed E-state index contributed by atoms with van der Waals surface area (Å²) in [4.78, 5) is 16.3. The number of aryl methyl sites for hydroxylation is 1. The molecule has 1 saturated heterocycles. The number of nitrogens with one attached hydrogen (secondary N) is 1. The molecule has 0 spiro atoms. The lowest BCUT2D eigenvalue weighted by Crippen LogP contribution is -3.12. The third kappa shape index (κ3) is 5.25. The van der Waals surface area contributed by atoms with Crippen molar-refractivity contribution in [1.29, 1.82) is 0 Å². The minimum atomic E-state index is -3.95. The number of sulfonamides is 1. The van der Waals surface area contributed by atoms with Gasteiger partial charge >= 0.3 is 6.03 Å². The molecule has 29 heavy (non-hydrogen) atoms. The van der Waals surface area contributed by atoms with E-state index in [1.165, 1.54) is 4.90 Å². The number of hydrogen-bond donors (Lipinski definition) is 1. The zero-order valence-corrected chi connectivity index (χ0v) is 17.7. The van der Waals surface area contributed by atoms with Crippen LogP contribution in [0.15, 0.2) is 65.6 Å². The SMILES string of the molecule is Cc1ccc(S(=O)(=O)N(C/C=C/c2ccccc2)C(=O)N2CC[NH+](C)CC2)cc1. The van der Waals surface area contributed by atoms with E-state index in [9.17, 15) is 13.2 Å². The Hall–Kier alpha value is -2.64. The third-order valence-corrected chi connectivity index (χ3v) is 6.84. The quantitative estimate of drug-likeness (QED) is 0.809. The fourth-order valence-electron chi connectivity index (χ4n) is 3.20. The number of carbonyl (C=O) groups excluding carboxylic acids is 1. The number of benzene rings is 2. The number of amides is 2. The largest absolute Gasteiger partial charge is 0.334 e. The van der Waals surface area contributed by atoms with Gasteiger partial charge in [-0.05, 0) is 24.6 Å². The van der Waals surface area contributed by atoms with Crippen LogP contribution in [-0.4, -0.2) is 63.4 Å². The molecule has 154 valence electrons. The molecule has 0 unspecified atom stereocenters. The smallest absolute Gasteiger partial charge is 0.334 e. The van der Waals surface area contributed by atoms with Crippen molar-refractivity contribution in [3.8, 4) is 0 Å². The molecule has 7 heteroatoms. The predicted molar refractivity (Wildman–Crippen MR) is 114 cm³/mol. The molecular weight excluding hydrogens is 386 g/mol. The zero-order valence-electron chi connectivity index (χ0n) is 16.9. The standard InChI is InChI=1S/C22H27N3O3S/c1-19-10-12-21(13-11-19)29(27,28)25(14-6-9-20-7-4-3-5-8-20)22(26)24-17-15-23(2)16-18-24/h3-13H,14-18H2,1-2H3/p+1/b9-6+. The second kappa shape index (κ2) is 9.24. The van der Waals surface area contributed by atoms with Crippen LogP contribution in [0.1, 0.15) is 11.1 Å². The molecule has 1 fully saturated rings. The van der Waals surface area contributed by atoms with Gasteiger partial charge in [-0.1, -0.05) is 60.2 Å². The van der Waals surface area contributed by atoms with Crippen molar-refractivity contribution < 1.29 is 18.1 Å². The van der Waals surface area contributed by atoms with Crippen molar-refractivity contribution in [3.63, 3.8) is 0 Å². The summed E-state index contributed by atoms with van der Waals surface area (Å²) in [5, 5.41) is 0. The molecule has 0 aliphatic carbocycles. The Labute approximate surface area is 173 Å². The van der Waals surface area contributed by atoms with Crippen LogP contribution in [0.5, 0.6) is 0 Å². The molecule has 1 heterocycles. The zero-order chi connectivity index (χ0) is 20.9. The lowest BCUT2D eigenvalue weighted by Gasteiger charge is -2.33. The normalized spacial score (nSPS) is 15.6. The summed E-state index contributed by atoms with van der Waals surface area (Å²) in [5.41, 5.74) is 1.92. The van der Waals surface area contributed by atoms with Gasteiger partial charge in [0.15, 0.2) is 0 Å². The van der Waals surface area contributed by atoms with E-state index >= 15 is 0 Å². The Morgan fingerprint density at radius 2 is 1.69 bits per heavy atom. The van der Waals surface area contributed by atoms with Gasteiger partial charge in [0, 0.05) is 0 Å². The van der Waals surface area contributed by atoms with E-state index in [0.29, 0.717) is 13.1 Å². The average Bonchev–Trinajstić information content (AvgIpc) is 2.72. The van der Waals surface area contributed by atoms with Gasteiger partial charge in [0.1, 0.15) is 0 Å². The average molecular weight is 415 g/mol. The molecule has 2 aromatic carbocycles. The van der Waals surface area contributed by atoms with Gasteiger partial charge in [-0.2, -0.15) is 0 Å². The number of quaternary nitrogens is 1. The Balaban J connectivity index is 1.87. The Kier molecular flexibility index (Phi) is 6.71. The van der Waals surface area contributed by atoms with Gasteiger partial charge in [-0.25, -0.2) is 17.5 Å². The predicted octanol–water partition coefficient (Wildman–Crippen LogP) is 1.65. The van der Waals surface area contributed by atoms with Gasteiger partial charge in [0.2, 0.25) is 0 Å². The summed E-state index contributed by atoms with van der Waals surface area (Å²) in [6.45, 7) is 4.60. The van der Waals surface area contributed by atoms with Crippen molar-refractivity contribution in [2.75, 3.05) is 39.8 Å². The number of carbonyl (C=O) groups is 1. The van der Waals surface area contributed by atoms with Crippen LogP contribution in [-0.2, 0) is 10.0 Å². The summed E-state index contributed by atoms with van der Waals surface area (Å²) < 4.78 is 27.5. The van der Waals surface area contributed by atoms with E-state index in [1.807, 2.05) is 43.3 Å². The number of piperazine rings is 1. The van der Waals surface area contributed by atoms with Crippen LogP contribution in [0, 0.1) is 6.92 Å². The first-order chi connectivity index (χ1) is 13.9. The lowest BCUT2D eigenvalue weighted by molar-refractivity contribution is -0.883. The van der Waals surface area contributed by atoms with Crippen LogP contribution in [0.25, 0.3) is 6.08 Å². The topological polar surface area (TPSA) is 62.1 Å². The van der Waals surface area contributed by atoms with Gasteiger partial charge in [0.25, 0.3) is 10.0 Å². The molecular formula is C22H28N3O3S+. The van der Waals surface area contributed by atoms with E-state index in [2.05, 4.69) is 7.05 Å². The minimum absolute atomic E-state index is 0.0108. The maximum absolute atomic E-state index is 13.3. The van der Waals surface area contributed by atoms with Crippen LogP contribution in [0.3, 0.4) is 0 Å². The summed E-state index contributed by atoms with van der Waals surface area (Å²) in [6, 6.07) is 15.8. The Morgan fingerprint density at radius 3 is 2.31 bits per heavy atom. The molecule has 0 atom stereocenters. The summed E-state index contributed by atoms with van der Waals surface area (Å²) in [6.07, 6.45) is 3.55. The second-order valence-electron chi connectivity index (χ2n) is 7.39. The fraction of sp³-hybridized carbons (Fsp3) is 0.318. The van der Waals surface area contributed by atoms with Crippen molar-refractivity contribution in [3.05, 3.63) is 71.8 Å². The second-order valence-corrected chi connectivity index (χ2v) is 9.25. The minimum Gasteiger partial charge on any atom is -0.334 e. The highest BCUT2D eigenvalue weighted by atomic mass is 32.2. The van der Waals surface area contributed by atoms with Gasteiger partial charge in [-0.3, -0.25) is 0 Å². The number of rotatable bonds is 5. The van der Waals surface area contributed by atoms with Crippen molar-refractivity contribution >= 4 is 22.1 Å². The molecule has 6 nitrogen and oxygen atoms in total.